The Labute approximate surface area is 121 Å². The van der Waals surface area contributed by atoms with Gasteiger partial charge in [0.25, 0.3) is 0 Å². The second-order valence-electron chi connectivity index (χ2n) is 4.97. The lowest BCUT2D eigenvalue weighted by molar-refractivity contribution is 0.208. The van der Waals surface area contributed by atoms with Crippen LogP contribution in [-0.4, -0.2) is 36.0 Å². The van der Waals surface area contributed by atoms with Gasteiger partial charge in [-0.2, -0.15) is 0 Å². The third-order valence-electron chi connectivity index (χ3n) is 3.63. The second kappa shape index (κ2) is 5.69. The van der Waals surface area contributed by atoms with Crippen molar-refractivity contribution < 1.29 is 5.11 Å². The molecule has 0 radical (unpaired) electrons. The van der Waals surface area contributed by atoms with Gasteiger partial charge in [-0.05, 0) is 43.2 Å². The van der Waals surface area contributed by atoms with Gasteiger partial charge in [-0.1, -0.05) is 11.3 Å². The Balaban J connectivity index is 1.88. The molecule has 3 rings (SSSR count). The molecule has 1 aromatic carbocycles. The van der Waals surface area contributed by atoms with Crippen molar-refractivity contribution in [3.63, 3.8) is 0 Å². The molecule has 5 heteroatoms. The minimum Gasteiger partial charge on any atom is -0.396 e. The number of fused-ring (bicyclic) bond motifs is 1. The van der Waals surface area contributed by atoms with Crippen LogP contribution in [0.25, 0.3) is 10.2 Å². The lowest BCUT2D eigenvalue weighted by Crippen LogP contribution is -2.36. The number of aliphatic hydroxyl groups is 1. The van der Waals surface area contributed by atoms with Gasteiger partial charge < -0.3 is 10.0 Å². The fourth-order valence-electron chi connectivity index (χ4n) is 2.54. The fourth-order valence-corrected chi connectivity index (χ4v) is 4.10. The molecule has 102 valence electrons. The highest BCUT2D eigenvalue weighted by Crippen LogP contribution is 2.33. The van der Waals surface area contributed by atoms with E-state index < -0.39 is 0 Å². The Hall–Kier alpha value is -0.780. The van der Waals surface area contributed by atoms with E-state index in [-0.39, 0.29) is 6.61 Å². The first kappa shape index (κ1) is 13.2. The van der Waals surface area contributed by atoms with E-state index in [1.54, 1.807) is 23.1 Å². The van der Waals surface area contributed by atoms with Crippen molar-refractivity contribution in [2.45, 2.75) is 17.7 Å². The van der Waals surface area contributed by atoms with Crippen LogP contribution in [0, 0.1) is 5.92 Å². The molecular weight excluding hydrogens is 276 g/mol. The first-order valence-corrected chi connectivity index (χ1v) is 8.64. The molecule has 0 amide bonds. The number of hydrogen-bond acceptors (Lipinski definition) is 5. The molecule has 1 atom stereocenters. The largest absolute Gasteiger partial charge is 0.396 e. The highest BCUT2D eigenvalue weighted by atomic mass is 32.2. The zero-order valence-corrected chi connectivity index (χ0v) is 12.6. The summed E-state index contributed by atoms with van der Waals surface area (Å²) in [5.74, 6) is 0.405. The second-order valence-corrected chi connectivity index (χ2v) is 6.86. The summed E-state index contributed by atoms with van der Waals surface area (Å²) in [6.07, 6.45) is 4.38. The molecule has 1 aliphatic heterocycles. The van der Waals surface area contributed by atoms with Gasteiger partial charge in [0.1, 0.15) is 0 Å². The summed E-state index contributed by atoms with van der Waals surface area (Å²) in [7, 11) is 0. The number of rotatable bonds is 3. The minimum atomic E-state index is 0.290. The van der Waals surface area contributed by atoms with Gasteiger partial charge in [0, 0.05) is 24.6 Å². The van der Waals surface area contributed by atoms with Crippen molar-refractivity contribution in [2.75, 3.05) is 30.9 Å². The number of thiazole rings is 1. The van der Waals surface area contributed by atoms with Crippen molar-refractivity contribution >= 4 is 38.4 Å². The molecule has 2 heterocycles. The van der Waals surface area contributed by atoms with Crippen molar-refractivity contribution in [3.8, 4) is 0 Å². The Morgan fingerprint density at radius 1 is 1.53 bits per heavy atom. The molecule has 1 saturated heterocycles. The lowest BCUT2D eigenvalue weighted by atomic mass is 10.00. The number of nitrogens with zero attached hydrogens (tertiary/aromatic N) is 2. The van der Waals surface area contributed by atoms with Crippen molar-refractivity contribution in [2.24, 2.45) is 5.92 Å². The van der Waals surface area contributed by atoms with Crippen LogP contribution in [0.5, 0.6) is 0 Å². The van der Waals surface area contributed by atoms with E-state index in [1.165, 1.54) is 9.60 Å². The van der Waals surface area contributed by atoms with Gasteiger partial charge in [0.2, 0.25) is 0 Å². The van der Waals surface area contributed by atoms with Gasteiger partial charge in [0.15, 0.2) is 5.13 Å². The summed E-state index contributed by atoms with van der Waals surface area (Å²) in [6, 6.07) is 6.45. The quantitative estimate of drug-likeness (QED) is 0.882. The van der Waals surface area contributed by atoms with Crippen LogP contribution in [0.1, 0.15) is 12.8 Å². The molecule has 0 bridgehead atoms. The molecule has 0 saturated carbocycles. The fraction of sp³-hybridized carbons (Fsp3) is 0.500. The maximum absolute atomic E-state index is 9.32. The number of anilines is 1. The van der Waals surface area contributed by atoms with Crippen LogP contribution in [0.3, 0.4) is 0 Å². The zero-order valence-electron chi connectivity index (χ0n) is 11.0. The monoisotopic (exact) mass is 294 g/mol. The molecule has 3 nitrogen and oxygen atoms in total. The zero-order chi connectivity index (χ0) is 13.2. The van der Waals surface area contributed by atoms with Crippen LogP contribution in [-0.2, 0) is 0 Å². The molecule has 19 heavy (non-hydrogen) atoms. The van der Waals surface area contributed by atoms with Crippen LogP contribution in [0.2, 0.25) is 0 Å². The first-order chi connectivity index (χ1) is 9.30. The van der Waals surface area contributed by atoms with Crippen molar-refractivity contribution in [1.82, 2.24) is 4.98 Å². The average molecular weight is 294 g/mol. The number of hydrogen-bond donors (Lipinski definition) is 1. The molecule has 0 spiro atoms. The van der Waals surface area contributed by atoms with E-state index in [0.29, 0.717) is 5.92 Å². The van der Waals surface area contributed by atoms with Gasteiger partial charge in [0.05, 0.1) is 10.2 Å². The van der Waals surface area contributed by atoms with Crippen LogP contribution in [0.15, 0.2) is 23.1 Å². The summed E-state index contributed by atoms with van der Waals surface area (Å²) in [5.41, 5.74) is 1.09. The summed E-state index contributed by atoms with van der Waals surface area (Å²) < 4.78 is 1.26. The molecule has 2 aromatic rings. The third kappa shape index (κ3) is 2.73. The van der Waals surface area contributed by atoms with Crippen molar-refractivity contribution in [1.29, 1.82) is 0 Å². The predicted molar refractivity (Wildman–Crippen MR) is 83.4 cm³/mol. The SMILES string of the molecule is CSc1ccc2nc(N3CCCC(CO)C3)sc2c1. The summed E-state index contributed by atoms with van der Waals surface area (Å²) in [6.45, 7) is 2.29. The first-order valence-electron chi connectivity index (χ1n) is 6.60. The van der Waals surface area contributed by atoms with Gasteiger partial charge in [-0.15, -0.1) is 11.8 Å². The van der Waals surface area contributed by atoms with Crippen LogP contribution in [0.4, 0.5) is 5.13 Å². The van der Waals surface area contributed by atoms with E-state index in [1.807, 2.05) is 0 Å². The topological polar surface area (TPSA) is 36.4 Å². The van der Waals surface area contributed by atoms with Crippen LogP contribution >= 0.6 is 23.1 Å². The average Bonchev–Trinajstić information content (AvgIpc) is 2.90. The standard InChI is InChI=1S/C14H18N2OS2/c1-18-11-4-5-12-13(7-11)19-14(15-12)16-6-2-3-10(8-16)9-17/h4-5,7,10,17H,2-3,6,8-9H2,1H3. The number of benzene rings is 1. The molecular formula is C14H18N2OS2. The Morgan fingerprint density at radius 2 is 2.42 bits per heavy atom. The van der Waals surface area contributed by atoms with E-state index in [2.05, 4.69) is 29.4 Å². The molecule has 1 aromatic heterocycles. The van der Waals surface area contributed by atoms with Crippen molar-refractivity contribution in [3.05, 3.63) is 18.2 Å². The highest BCUT2D eigenvalue weighted by molar-refractivity contribution is 7.98. The summed E-state index contributed by atoms with van der Waals surface area (Å²) in [4.78, 5) is 8.35. The van der Waals surface area contributed by atoms with Gasteiger partial charge >= 0.3 is 0 Å². The minimum absolute atomic E-state index is 0.290. The Kier molecular flexibility index (Phi) is 3.96. The van der Waals surface area contributed by atoms with E-state index >= 15 is 0 Å². The highest BCUT2D eigenvalue weighted by Gasteiger charge is 2.21. The Morgan fingerprint density at radius 3 is 3.21 bits per heavy atom. The van der Waals surface area contributed by atoms with Gasteiger partial charge in [-0.3, -0.25) is 0 Å². The smallest absolute Gasteiger partial charge is 0.186 e. The maximum atomic E-state index is 9.32. The molecule has 1 N–H and O–H groups in total. The molecule has 0 aliphatic carbocycles. The van der Waals surface area contributed by atoms with E-state index in [9.17, 15) is 5.11 Å². The Bertz CT molecular complexity index is 570. The lowest BCUT2D eigenvalue weighted by Gasteiger charge is -2.31. The van der Waals surface area contributed by atoms with E-state index in [4.69, 9.17) is 4.98 Å². The number of aliphatic hydroxyl groups excluding tert-OH is 1. The van der Waals surface area contributed by atoms with Gasteiger partial charge in [-0.25, -0.2) is 4.98 Å². The normalized spacial score (nSPS) is 20.1. The molecule has 1 fully saturated rings. The summed E-state index contributed by atoms with van der Waals surface area (Å²) in [5, 5.41) is 10.4. The number of piperidine rings is 1. The number of aromatic nitrogens is 1. The maximum Gasteiger partial charge on any atom is 0.186 e. The number of thioether (sulfide) groups is 1. The third-order valence-corrected chi connectivity index (χ3v) is 5.44. The van der Waals surface area contributed by atoms with E-state index in [0.717, 1.165) is 36.6 Å². The molecule has 1 unspecified atom stereocenters. The predicted octanol–water partition coefficient (Wildman–Crippen LogP) is 3.23. The molecule has 1 aliphatic rings. The summed E-state index contributed by atoms with van der Waals surface area (Å²) >= 11 is 3.53. The van der Waals surface area contributed by atoms with Crippen LogP contribution < -0.4 is 4.90 Å².